The molecule has 0 saturated carbocycles. The second-order valence-electron chi connectivity index (χ2n) is 5.64. The number of rotatable bonds is 1. The minimum atomic E-state index is 0.120. The summed E-state index contributed by atoms with van der Waals surface area (Å²) >= 11 is 11.4. The van der Waals surface area contributed by atoms with Crippen molar-refractivity contribution in [3.05, 3.63) is 75.8 Å². The molecule has 22 heavy (non-hydrogen) atoms. The Bertz CT molecular complexity index is 780. The first-order valence-corrected chi connectivity index (χ1v) is 8.15. The fourth-order valence-electron chi connectivity index (χ4n) is 3.29. The van der Waals surface area contributed by atoms with Gasteiger partial charge in [0.25, 0.3) is 0 Å². The molecule has 1 atom stereocenters. The molecule has 1 aliphatic carbocycles. The van der Waals surface area contributed by atoms with Gasteiger partial charge in [-0.25, -0.2) is 0 Å². The van der Waals surface area contributed by atoms with Gasteiger partial charge in [-0.3, -0.25) is 0 Å². The predicted molar refractivity (Wildman–Crippen MR) is 94.7 cm³/mol. The highest BCUT2D eigenvalue weighted by Crippen LogP contribution is 2.38. The molecule has 0 amide bonds. The third-order valence-electron chi connectivity index (χ3n) is 4.34. The Balaban J connectivity index is 1.84. The zero-order valence-corrected chi connectivity index (χ0v) is 13.5. The molecule has 0 saturated heterocycles. The van der Waals surface area contributed by atoms with Crippen molar-refractivity contribution in [1.82, 2.24) is 10.6 Å². The Hall–Kier alpha value is -1.84. The van der Waals surface area contributed by atoms with Crippen molar-refractivity contribution < 1.29 is 0 Å². The van der Waals surface area contributed by atoms with Crippen LogP contribution in [0.4, 0.5) is 0 Å². The monoisotopic (exact) mass is 326 g/mol. The van der Waals surface area contributed by atoms with Crippen LogP contribution in [-0.2, 0) is 6.42 Å². The first-order valence-electron chi connectivity index (χ1n) is 7.36. The normalized spacial score (nSPS) is 19.9. The largest absolute Gasteiger partial charge is 0.352 e. The van der Waals surface area contributed by atoms with Crippen LogP contribution in [0, 0.1) is 0 Å². The SMILES string of the molecule is S=C1NC2=C(CCc3ccccc32)C(c2ccc(Cl)cc2)N1. The average molecular weight is 327 g/mol. The standard InChI is InChI=1S/C18H15ClN2S/c19-13-8-5-12(6-9-13)16-15-10-7-11-3-1-2-4-14(11)17(15)21-18(22)20-16/h1-6,8-9,16H,7,10H2,(H2,20,21,22). The van der Waals surface area contributed by atoms with Gasteiger partial charge in [0.2, 0.25) is 0 Å². The highest BCUT2D eigenvalue weighted by molar-refractivity contribution is 7.80. The lowest BCUT2D eigenvalue weighted by Gasteiger charge is -2.35. The van der Waals surface area contributed by atoms with Crippen molar-refractivity contribution in [2.24, 2.45) is 0 Å². The number of hydrogen-bond donors (Lipinski definition) is 2. The van der Waals surface area contributed by atoms with Crippen LogP contribution >= 0.6 is 23.8 Å². The Morgan fingerprint density at radius 3 is 2.59 bits per heavy atom. The van der Waals surface area contributed by atoms with E-state index < -0.39 is 0 Å². The maximum absolute atomic E-state index is 6.01. The second-order valence-corrected chi connectivity index (χ2v) is 6.49. The van der Waals surface area contributed by atoms with Crippen LogP contribution in [0.25, 0.3) is 5.70 Å². The highest BCUT2D eigenvalue weighted by atomic mass is 35.5. The number of fused-ring (bicyclic) bond motifs is 2. The Morgan fingerprint density at radius 2 is 1.77 bits per heavy atom. The molecule has 1 unspecified atom stereocenters. The van der Waals surface area contributed by atoms with Gasteiger partial charge in [0.15, 0.2) is 5.11 Å². The van der Waals surface area contributed by atoms with Gasteiger partial charge in [-0.05, 0) is 53.9 Å². The molecular formula is C18H15ClN2S. The lowest BCUT2D eigenvalue weighted by atomic mass is 9.83. The topological polar surface area (TPSA) is 24.1 Å². The Morgan fingerprint density at radius 1 is 1.00 bits per heavy atom. The van der Waals surface area contributed by atoms with E-state index in [0.717, 1.165) is 17.9 Å². The molecule has 0 aromatic heterocycles. The maximum atomic E-state index is 6.01. The maximum Gasteiger partial charge on any atom is 0.171 e. The third-order valence-corrected chi connectivity index (χ3v) is 4.81. The van der Waals surface area contributed by atoms with E-state index in [1.807, 2.05) is 12.1 Å². The first kappa shape index (κ1) is 13.8. The zero-order chi connectivity index (χ0) is 15.1. The summed E-state index contributed by atoms with van der Waals surface area (Å²) in [6, 6.07) is 16.7. The highest BCUT2D eigenvalue weighted by Gasteiger charge is 2.30. The van der Waals surface area contributed by atoms with E-state index in [0.29, 0.717) is 5.11 Å². The molecule has 4 heteroatoms. The van der Waals surface area contributed by atoms with Crippen LogP contribution < -0.4 is 10.6 Å². The van der Waals surface area contributed by atoms with E-state index in [-0.39, 0.29) is 6.04 Å². The molecule has 0 bridgehead atoms. The molecule has 1 heterocycles. The molecule has 2 aliphatic rings. The van der Waals surface area contributed by atoms with Crippen molar-refractivity contribution in [2.45, 2.75) is 18.9 Å². The van der Waals surface area contributed by atoms with Gasteiger partial charge in [-0.1, -0.05) is 48.0 Å². The number of nitrogens with one attached hydrogen (secondary N) is 2. The summed E-state index contributed by atoms with van der Waals surface area (Å²) in [5, 5.41) is 8.19. The summed E-state index contributed by atoms with van der Waals surface area (Å²) in [5.41, 5.74) is 6.39. The zero-order valence-electron chi connectivity index (χ0n) is 11.9. The Kier molecular flexibility index (Phi) is 3.40. The number of thiocarbonyl (C=S) groups is 1. The van der Waals surface area contributed by atoms with E-state index in [1.54, 1.807) is 0 Å². The van der Waals surface area contributed by atoms with Crippen molar-refractivity contribution in [3.63, 3.8) is 0 Å². The van der Waals surface area contributed by atoms with Gasteiger partial charge in [0.05, 0.1) is 6.04 Å². The number of halogens is 1. The fourth-order valence-corrected chi connectivity index (χ4v) is 3.64. The van der Waals surface area contributed by atoms with Crippen LogP contribution in [0.15, 0.2) is 54.1 Å². The molecule has 2 aromatic carbocycles. The van der Waals surface area contributed by atoms with Gasteiger partial charge in [0, 0.05) is 16.3 Å². The van der Waals surface area contributed by atoms with Crippen molar-refractivity contribution in [2.75, 3.05) is 0 Å². The predicted octanol–water partition coefficient (Wildman–Crippen LogP) is 4.22. The van der Waals surface area contributed by atoms with Gasteiger partial charge in [-0.15, -0.1) is 0 Å². The summed E-state index contributed by atoms with van der Waals surface area (Å²) in [4.78, 5) is 0. The number of benzene rings is 2. The van der Waals surface area contributed by atoms with E-state index in [2.05, 4.69) is 47.0 Å². The van der Waals surface area contributed by atoms with Crippen molar-refractivity contribution in [1.29, 1.82) is 0 Å². The summed E-state index contributed by atoms with van der Waals surface area (Å²) < 4.78 is 0. The minimum absolute atomic E-state index is 0.120. The number of hydrogen-bond acceptors (Lipinski definition) is 1. The molecule has 2 N–H and O–H groups in total. The van der Waals surface area contributed by atoms with Gasteiger partial charge >= 0.3 is 0 Å². The molecule has 0 fully saturated rings. The smallest absolute Gasteiger partial charge is 0.171 e. The molecule has 110 valence electrons. The summed E-state index contributed by atoms with van der Waals surface area (Å²) in [7, 11) is 0. The molecule has 0 radical (unpaired) electrons. The van der Waals surface area contributed by atoms with E-state index in [1.165, 1.54) is 28.0 Å². The first-order chi connectivity index (χ1) is 10.7. The van der Waals surface area contributed by atoms with Gasteiger partial charge < -0.3 is 10.6 Å². The summed E-state index contributed by atoms with van der Waals surface area (Å²) in [5.74, 6) is 0. The van der Waals surface area contributed by atoms with Gasteiger partial charge in [-0.2, -0.15) is 0 Å². The van der Waals surface area contributed by atoms with E-state index >= 15 is 0 Å². The molecule has 2 nitrogen and oxygen atoms in total. The molecule has 4 rings (SSSR count). The van der Waals surface area contributed by atoms with Crippen LogP contribution in [0.2, 0.25) is 5.02 Å². The Labute approximate surface area is 140 Å². The van der Waals surface area contributed by atoms with Gasteiger partial charge in [0.1, 0.15) is 0 Å². The second kappa shape index (κ2) is 5.41. The minimum Gasteiger partial charge on any atom is -0.352 e. The van der Waals surface area contributed by atoms with Crippen LogP contribution in [0.5, 0.6) is 0 Å². The number of aryl methyl sites for hydroxylation is 1. The summed E-state index contributed by atoms with van der Waals surface area (Å²) in [6.07, 6.45) is 2.09. The van der Waals surface area contributed by atoms with Crippen LogP contribution in [-0.4, -0.2) is 5.11 Å². The average Bonchev–Trinajstić information content (AvgIpc) is 2.55. The quantitative estimate of drug-likeness (QED) is 0.767. The van der Waals surface area contributed by atoms with Crippen molar-refractivity contribution in [3.8, 4) is 0 Å². The third kappa shape index (κ3) is 2.31. The van der Waals surface area contributed by atoms with E-state index in [4.69, 9.17) is 23.8 Å². The summed E-state index contributed by atoms with van der Waals surface area (Å²) in [6.45, 7) is 0. The lowest BCUT2D eigenvalue weighted by molar-refractivity contribution is 0.667. The molecule has 0 spiro atoms. The van der Waals surface area contributed by atoms with Crippen LogP contribution in [0.1, 0.15) is 29.2 Å². The van der Waals surface area contributed by atoms with Crippen LogP contribution in [0.3, 0.4) is 0 Å². The fraction of sp³-hybridized carbons (Fsp3) is 0.167. The van der Waals surface area contributed by atoms with Crippen molar-refractivity contribution >= 4 is 34.6 Å². The lowest BCUT2D eigenvalue weighted by Crippen LogP contribution is -2.44. The molecule has 1 aliphatic heterocycles. The van der Waals surface area contributed by atoms with E-state index in [9.17, 15) is 0 Å². The molecule has 2 aromatic rings. The molecular weight excluding hydrogens is 312 g/mol.